The summed E-state index contributed by atoms with van der Waals surface area (Å²) < 4.78 is 0. The van der Waals surface area contributed by atoms with Crippen LogP contribution in [0.5, 0.6) is 5.88 Å². The van der Waals surface area contributed by atoms with Crippen LogP contribution in [0.3, 0.4) is 0 Å². The minimum Gasteiger partial charge on any atom is -0.493 e. The SMILES string of the molecule is N=NC(=O)Nc1c(O)[nH]c2ccccc12. The van der Waals surface area contributed by atoms with Crippen molar-refractivity contribution < 1.29 is 9.90 Å². The number of rotatable bonds is 1. The minimum atomic E-state index is -0.824. The number of aromatic hydroxyl groups is 1. The number of nitrogens with one attached hydrogen (secondary N) is 3. The van der Waals surface area contributed by atoms with E-state index in [9.17, 15) is 9.90 Å². The molecular formula is C9H8N4O2. The zero-order valence-corrected chi connectivity index (χ0v) is 7.61. The lowest BCUT2D eigenvalue weighted by Gasteiger charge is -1.98. The van der Waals surface area contributed by atoms with Gasteiger partial charge in [0.15, 0.2) is 0 Å². The van der Waals surface area contributed by atoms with E-state index in [1.165, 1.54) is 0 Å². The maximum atomic E-state index is 10.9. The second-order valence-electron chi connectivity index (χ2n) is 2.94. The predicted molar refractivity (Wildman–Crippen MR) is 54.1 cm³/mol. The van der Waals surface area contributed by atoms with E-state index in [0.29, 0.717) is 10.9 Å². The number of hydrogen-bond donors (Lipinski definition) is 4. The molecule has 0 radical (unpaired) electrons. The number of carbonyl (C=O) groups is 1. The van der Waals surface area contributed by atoms with Crippen LogP contribution in [0.15, 0.2) is 29.4 Å². The summed E-state index contributed by atoms with van der Waals surface area (Å²) in [6.45, 7) is 0. The summed E-state index contributed by atoms with van der Waals surface area (Å²) in [7, 11) is 0. The molecule has 1 aromatic carbocycles. The number of aromatic amines is 1. The second kappa shape index (κ2) is 3.41. The number of benzene rings is 1. The van der Waals surface area contributed by atoms with E-state index in [-0.39, 0.29) is 11.6 Å². The van der Waals surface area contributed by atoms with E-state index in [0.717, 1.165) is 0 Å². The summed E-state index contributed by atoms with van der Waals surface area (Å²) in [6.07, 6.45) is 0. The monoisotopic (exact) mass is 204 g/mol. The highest BCUT2D eigenvalue weighted by atomic mass is 16.3. The molecule has 0 aliphatic carbocycles. The minimum absolute atomic E-state index is 0.145. The van der Waals surface area contributed by atoms with E-state index >= 15 is 0 Å². The number of H-pyrrole nitrogens is 1. The van der Waals surface area contributed by atoms with Gasteiger partial charge in [0.2, 0.25) is 5.88 Å². The van der Waals surface area contributed by atoms with Crippen molar-refractivity contribution in [1.82, 2.24) is 4.98 Å². The first-order valence-corrected chi connectivity index (χ1v) is 4.20. The Morgan fingerprint density at radius 2 is 2.20 bits per heavy atom. The Morgan fingerprint density at radius 3 is 2.93 bits per heavy atom. The van der Waals surface area contributed by atoms with Crippen LogP contribution >= 0.6 is 0 Å². The quantitative estimate of drug-likeness (QED) is 0.536. The van der Waals surface area contributed by atoms with Gasteiger partial charge in [-0.15, -0.1) is 0 Å². The van der Waals surface area contributed by atoms with Crippen LogP contribution in [0.1, 0.15) is 0 Å². The average molecular weight is 204 g/mol. The number of anilines is 1. The van der Waals surface area contributed by atoms with Crippen LogP contribution < -0.4 is 5.32 Å². The smallest absolute Gasteiger partial charge is 0.363 e. The fraction of sp³-hybridized carbons (Fsp3) is 0. The zero-order chi connectivity index (χ0) is 10.8. The number of amides is 2. The lowest BCUT2D eigenvalue weighted by Crippen LogP contribution is -2.04. The zero-order valence-electron chi connectivity index (χ0n) is 7.61. The molecule has 0 fully saturated rings. The van der Waals surface area contributed by atoms with Crippen molar-refractivity contribution in [2.45, 2.75) is 0 Å². The van der Waals surface area contributed by atoms with Crippen molar-refractivity contribution in [3.8, 4) is 5.88 Å². The summed E-state index contributed by atoms with van der Waals surface area (Å²) in [5.74, 6) is -0.145. The summed E-state index contributed by atoms with van der Waals surface area (Å²) >= 11 is 0. The summed E-state index contributed by atoms with van der Waals surface area (Å²) in [4.78, 5) is 13.6. The summed E-state index contributed by atoms with van der Waals surface area (Å²) in [5, 5.41) is 15.2. The molecule has 2 rings (SSSR count). The van der Waals surface area contributed by atoms with Gasteiger partial charge in [-0.3, -0.25) is 5.32 Å². The Balaban J connectivity index is 2.54. The van der Waals surface area contributed by atoms with Crippen LogP contribution in [0.2, 0.25) is 0 Å². The molecule has 0 unspecified atom stereocenters. The summed E-state index contributed by atoms with van der Waals surface area (Å²) in [6, 6.07) is 6.27. The Bertz CT molecular complexity index is 532. The molecule has 6 heteroatoms. The molecule has 0 spiro atoms. The Hall–Kier alpha value is -2.37. The molecule has 2 amide bonds. The van der Waals surface area contributed by atoms with Crippen molar-refractivity contribution >= 4 is 22.6 Å². The number of para-hydroxylation sites is 1. The van der Waals surface area contributed by atoms with Gasteiger partial charge < -0.3 is 10.1 Å². The Morgan fingerprint density at radius 1 is 1.47 bits per heavy atom. The fourth-order valence-corrected chi connectivity index (χ4v) is 1.39. The third-order valence-corrected chi connectivity index (χ3v) is 2.02. The fourth-order valence-electron chi connectivity index (χ4n) is 1.39. The molecule has 2 aromatic rings. The van der Waals surface area contributed by atoms with E-state index in [1.807, 2.05) is 0 Å². The molecule has 1 aromatic heterocycles. The lowest BCUT2D eigenvalue weighted by atomic mass is 10.2. The van der Waals surface area contributed by atoms with Gasteiger partial charge in [0.1, 0.15) is 5.69 Å². The van der Waals surface area contributed by atoms with Crippen molar-refractivity contribution in [3.05, 3.63) is 24.3 Å². The molecule has 0 bridgehead atoms. The van der Waals surface area contributed by atoms with Gasteiger partial charge in [0.25, 0.3) is 0 Å². The number of fused-ring (bicyclic) bond motifs is 1. The molecule has 0 aliphatic heterocycles. The third-order valence-electron chi connectivity index (χ3n) is 2.02. The van der Waals surface area contributed by atoms with E-state index in [1.54, 1.807) is 24.3 Å². The van der Waals surface area contributed by atoms with Crippen molar-refractivity contribution in [2.24, 2.45) is 5.11 Å². The van der Waals surface area contributed by atoms with Gasteiger partial charge >= 0.3 is 6.03 Å². The van der Waals surface area contributed by atoms with Crippen LogP contribution in [0, 0.1) is 5.53 Å². The van der Waals surface area contributed by atoms with Gasteiger partial charge in [-0.05, 0) is 6.07 Å². The number of urea groups is 1. The highest BCUT2D eigenvalue weighted by Gasteiger charge is 2.12. The van der Waals surface area contributed by atoms with Gasteiger partial charge in [-0.2, -0.15) is 5.53 Å². The normalized spacial score (nSPS) is 10.1. The van der Waals surface area contributed by atoms with Gasteiger partial charge in [-0.1, -0.05) is 23.3 Å². The second-order valence-corrected chi connectivity index (χ2v) is 2.94. The molecule has 0 atom stereocenters. The van der Waals surface area contributed by atoms with Crippen LogP contribution in [0.25, 0.3) is 10.9 Å². The Labute approximate surface area is 84.4 Å². The maximum Gasteiger partial charge on any atom is 0.363 e. The molecule has 4 N–H and O–H groups in total. The van der Waals surface area contributed by atoms with Gasteiger partial charge in [0, 0.05) is 5.39 Å². The topological polar surface area (TPSA) is 101 Å². The third kappa shape index (κ3) is 1.52. The molecule has 15 heavy (non-hydrogen) atoms. The highest BCUT2D eigenvalue weighted by Crippen LogP contribution is 2.32. The van der Waals surface area contributed by atoms with E-state index in [2.05, 4.69) is 15.4 Å². The first-order valence-electron chi connectivity index (χ1n) is 4.20. The number of hydrogen-bond acceptors (Lipinski definition) is 3. The van der Waals surface area contributed by atoms with Crippen LogP contribution in [0.4, 0.5) is 10.5 Å². The molecule has 76 valence electrons. The molecular weight excluding hydrogens is 196 g/mol. The molecule has 0 aliphatic rings. The van der Waals surface area contributed by atoms with Gasteiger partial charge in [-0.25, -0.2) is 4.79 Å². The number of carbonyl (C=O) groups excluding carboxylic acids is 1. The summed E-state index contributed by atoms with van der Waals surface area (Å²) in [5.41, 5.74) is 7.46. The first-order chi connectivity index (χ1) is 7.22. The maximum absolute atomic E-state index is 10.9. The van der Waals surface area contributed by atoms with Crippen molar-refractivity contribution in [3.63, 3.8) is 0 Å². The lowest BCUT2D eigenvalue weighted by molar-refractivity contribution is 0.257. The molecule has 0 saturated carbocycles. The van der Waals surface area contributed by atoms with Crippen molar-refractivity contribution in [1.29, 1.82) is 5.53 Å². The molecule has 1 heterocycles. The first kappa shape index (κ1) is 9.20. The van der Waals surface area contributed by atoms with E-state index in [4.69, 9.17) is 5.53 Å². The Kier molecular flexibility index (Phi) is 2.09. The predicted octanol–water partition coefficient (Wildman–Crippen LogP) is 2.44. The van der Waals surface area contributed by atoms with Gasteiger partial charge in [0.05, 0.1) is 5.52 Å². The van der Waals surface area contributed by atoms with Crippen molar-refractivity contribution in [2.75, 3.05) is 5.32 Å². The largest absolute Gasteiger partial charge is 0.493 e. The molecule has 0 saturated heterocycles. The van der Waals surface area contributed by atoms with Crippen LogP contribution in [-0.2, 0) is 0 Å². The number of nitrogens with zero attached hydrogens (tertiary/aromatic N) is 1. The standard InChI is InChI=1S/C9H8N4O2/c10-13-9(15)12-7-5-3-1-2-4-6(5)11-8(7)14/h1-4,10-11,14H,(H,12,15). The van der Waals surface area contributed by atoms with Crippen LogP contribution in [-0.4, -0.2) is 16.1 Å². The highest BCUT2D eigenvalue weighted by molar-refractivity contribution is 6.03. The average Bonchev–Trinajstić information content (AvgIpc) is 2.55. The number of aromatic nitrogens is 1. The molecule has 6 nitrogen and oxygen atoms in total. The van der Waals surface area contributed by atoms with E-state index < -0.39 is 6.03 Å².